The minimum atomic E-state index is -3.73. The van der Waals surface area contributed by atoms with Gasteiger partial charge in [-0.05, 0) is 73.7 Å². The van der Waals surface area contributed by atoms with Gasteiger partial charge in [0.1, 0.15) is 5.75 Å². The number of fused-ring (bicyclic) bond motifs is 1. The zero-order chi connectivity index (χ0) is 23.8. The Hall–Kier alpha value is -2.43. The fourth-order valence-corrected chi connectivity index (χ4v) is 6.71. The Morgan fingerprint density at radius 3 is 2.33 bits per heavy atom. The number of carbonyl (C=O) groups is 1. The number of anilines is 1. The highest BCUT2D eigenvalue weighted by molar-refractivity contribution is 7.90. The topological polar surface area (TPSA) is 101 Å². The van der Waals surface area contributed by atoms with Gasteiger partial charge in [0.05, 0.1) is 22.8 Å². The van der Waals surface area contributed by atoms with Crippen LogP contribution in [0.4, 0.5) is 5.69 Å². The molecule has 2 aliphatic heterocycles. The van der Waals surface area contributed by atoms with Crippen LogP contribution in [0.3, 0.4) is 0 Å². The van der Waals surface area contributed by atoms with Gasteiger partial charge in [0.15, 0.2) is 9.84 Å². The number of amides is 1. The van der Waals surface area contributed by atoms with Crippen molar-refractivity contribution in [1.29, 1.82) is 0 Å². The molecule has 0 bridgehead atoms. The molecular formula is C23H28N2O6S2. The van der Waals surface area contributed by atoms with Crippen LogP contribution >= 0.6 is 0 Å². The van der Waals surface area contributed by atoms with Gasteiger partial charge in [-0.2, -0.15) is 4.31 Å². The quantitative estimate of drug-likeness (QED) is 0.636. The van der Waals surface area contributed by atoms with Crippen LogP contribution in [0, 0.1) is 5.92 Å². The van der Waals surface area contributed by atoms with E-state index < -0.39 is 25.8 Å². The van der Waals surface area contributed by atoms with E-state index in [4.69, 9.17) is 4.74 Å². The number of benzene rings is 2. The van der Waals surface area contributed by atoms with Crippen LogP contribution < -0.4 is 9.64 Å². The van der Waals surface area contributed by atoms with Gasteiger partial charge < -0.3 is 9.64 Å². The fourth-order valence-electron chi connectivity index (χ4n) is 4.51. The number of nitrogens with zero attached hydrogens (tertiary/aromatic N) is 2. The maximum Gasteiger partial charge on any atom is 0.243 e. The number of hydrogen-bond acceptors (Lipinski definition) is 6. The van der Waals surface area contributed by atoms with Crippen molar-refractivity contribution < 1.29 is 26.4 Å². The Kier molecular flexibility index (Phi) is 6.52. The summed E-state index contributed by atoms with van der Waals surface area (Å²) in [6.07, 6.45) is 3.80. The summed E-state index contributed by atoms with van der Waals surface area (Å²) in [4.78, 5) is 15.6. The van der Waals surface area contributed by atoms with Gasteiger partial charge in [0, 0.05) is 31.6 Å². The number of ether oxygens (including phenoxy) is 1. The lowest BCUT2D eigenvalue weighted by Gasteiger charge is -2.36. The Bertz CT molecular complexity index is 1260. The number of sulfone groups is 1. The van der Waals surface area contributed by atoms with Crippen molar-refractivity contribution in [2.24, 2.45) is 5.92 Å². The van der Waals surface area contributed by atoms with E-state index in [1.807, 2.05) is 0 Å². The zero-order valence-corrected chi connectivity index (χ0v) is 20.4. The number of aryl methyl sites for hydroxylation is 1. The van der Waals surface area contributed by atoms with E-state index in [2.05, 4.69) is 0 Å². The Labute approximate surface area is 195 Å². The first kappa shape index (κ1) is 23.7. The highest BCUT2D eigenvalue weighted by Gasteiger charge is 2.36. The molecule has 1 saturated heterocycles. The second kappa shape index (κ2) is 9.08. The van der Waals surface area contributed by atoms with E-state index in [1.54, 1.807) is 29.2 Å². The van der Waals surface area contributed by atoms with Crippen LogP contribution in [0.1, 0.15) is 24.8 Å². The van der Waals surface area contributed by atoms with Crippen LogP contribution in [0.5, 0.6) is 5.75 Å². The van der Waals surface area contributed by atoms with Gasteiger partial charge in [-0.1, -0.05) is 0 Å². The van der Waals surface area contributed by atoms with E-state index in [9.17, 15) is 21.6 Å². The normalized spacial score (nSPS) is 19.7. The molecule has 2 aromatic rings. The largest absolute Gasteiger partial charge is 0.497 e. The molecule has 0 radical (unpaired) electrons. The number of sulfonamides is 1. The SMILES string of the molecule is COc1ccc(S(=O)(=O)N2CCCC(C(=O)N3CCCc4cc(S(C)(=O)=O)ccc43)C2)cc1. The molecule has 33 heavy (non-hydrogen) atoms. The van der Waals surface area contributed by atoms with Gasteiger partial charge in [-0.3, -0.25) is 4.79 Å². The number of piperidine rings is 1. The second-order valence-electron chi connectivity index (χ2n) is 8.53. The fraction of sp³-hybridized carbons (Fsp3) is 0.435. The van der Waals surface area contributed by atoms with Crippen molar-refractivity contribution in [1.82, 2.24) is 4.31 Å². The molecule has 2 aliphatic rings. The molecule has 10 heteroatoms. The van der Waals surface area contributed by atoms with Gasteiger partial charge >= 0.3 is 0 Å². The number of hydrogen-bond donors (Lipinski definition) is 0. The van der Waals surface area contributed by atoms with E-state index in [-0.39, 0.29) is 22.2 Å². The number of rotatable bonds is 5. The standard InChI is InChI=1S/C23H28N2O6S2/c1-31-19-7-9-20(10-8-19)33(29,30)24-13-3-6-18(16-24)23(26)25-14-4-5-17-15-21(32(2,27)28)11-12-22(17)25/h7-12,15,18H,3-6,13-14,16H2,1-2H3. The van der Waals surface area contributed by atoms with Gasteiger partial charge in [0.2, 0.25) is 15.9 Å². The van der Waals surface area contributed by atoms with Crippen LogP contribution in [0.25, 0.3) is 0 Å². The van der Waals surface area contributed by atoms with Gasteiger partial charge in [-0.25, -0.2) is 16.8 Å². The molecule has 1 amide bonds. The lowest BCUT2D eigenvalue weighted by atomic mass is 9.95. The molecule has 1 atom stereocenters. The second-order valence-corrected chi connectivity index (χ2v) is 12.5. The van der Waals surface area contributed by atoms with Crippen molar-refractivity contribution in [3.8, 4) is 5.75 Å². The summed E-state index contributed by atoms with van der Waals surface area (Å²) in [7, 11) is -5.54. The number of carbonyl (C=O) groups excluding carboxylic acids is 1. The van der Waals surface area contributed by atoms with E-state index in [0.717, 1.165) is 12.0 Å². The predicted molar refractivity (Wildman–Crippen MR) is 125 cm³/mol. The minimum absolute atomic E-state index is 0.113. The lowest BCUT2D eigenvalue weighted by Crippen LogP contribution is -2.48. The molecule has 1 unspecified atom stereocenters. The third kappa shape index (κ3) is 4.78. The maximum absolute atomic E-state index is 13.5. The lowest BCUT2D eigenvalue weighted by molar-refractivity contribution is -0.123. The van der Waals surface area contributed by atoms with Crippen molar-refractivity contribution in [2.75, 3.05) is 37.9 Å². The first-order chi connectivity index (χ1) is 15.6. The molecule has 0 N–H and O–H groups in total. The molecular weight excluding hydrogens is 464 g/mol. The van der Waals surface area contributed by atoms with E-state index in [1.165, 1.54) is 35.9 Å². The molecule has 0 aliphatic carbocycles. The van der Waals surface area contributed by atoms with Crippen LogP contribution in [0.15, 0.2) is 52.3 Å². The summed E-state index contributed by atoms with van der Waals surface area (Å²) >= 11 is 0. The third-order valence-electron chi connectivity index (χ3n) is 6.29. The van der Waals surface area contributed by atoms with Gasteiger partial charge in [-0.15, -0.1) is 0 Å². The first-order valence-corrected chi connectivity index (χ1v) is 14.2. The van der Waals surface area contributed by atoms with E-state index in [0.29, 0.717) is 43.8 Å². The third-order valence-corrected chi connectivity index (χ3v) is 9.28. The molecule has 0 saturated carbocycles. The summed E-state index contributed by atoms with van der Waals surface area (Å²) in [5.41, 5.74) is 1.55. The summed E-state index contributed by atoms with van der Waals surface area (Å²) < 4.78 is 56.7. The molecule has 0 aromatic heterocycles. The molecule has 0 spiro atoms. The molecule has 2 heterocycles. The average Bonchev–Trinajstić information content (AvgIpc) is 2.82. The highest BCUT2D eigenvalue weighted by atomic mass is 32.2. The van der Waals surface area contributed by atoms with Crippen molar-refractivity contribution in [3.63, 3.8) is 0 Å². The monoisotopic (exact) mass is 492 g/mol. The van der Waals surface area contributed by atoms with Crippen LogP contribution in [-0.4, -0.2) is 60.0 Å². The maximum atomic E-state index is 13.5. The molecule has 2 aromatic carbocycles. The summed E-state index contributed by atoms with van der Waals surface area (Å²) in [6, 6.07) is 11.1. The Balaban J connectivity index is 1.55. The Morgan fingerprint density at radius 1 is 0.970 bits per heavy atom. The van der Waals surface area contributed by atoms with Crippen molar-refractivity contribution >= 4 is 31.5 Å². The predicted octanol–water partition coefficient (Wildman–Crippen LogP) is 2.48. The summed E-state index contributed by atoms with van der Waals surface area (Å²) in [5.74, 6) is 0.00781. The molecule has 1 fully saturated rings. The molecule has 178 valence electrons. The van der Waals surface area contributed by atoms with Crippen molar-refractivity contribution in [2.45, 2.75) is 35.5 Å². The number of methoxy groups -OCH3 is 1. The summed E-state index contributed by atoms with van der Waals surface area (Å²) in [6.45, 7) is 1.03. The molecule has 8 nitrogen and oxygen atoms in total. The van der Waals surface area contributed by atoms with Crippen LogP contribution in [0.2, 0.25) is 0 Å². The van der Waals surface area contributed by atoms with E-state index >= 15 is 0 Å². The summed E-state index contributed by atoms with van der Waals surface area (Å²) in [5, 5.41) is 0. The molecule has 4 rings (SSSR count). The van der Waals surface area contributed by atoms with Crippen LogP contribution in [-0.2, 0) is 31.1 Å². The van der Waals surface area contributed by atoms with Gasteiger partial charge in [0.25, 0.3) is 0 Å². The minimum Gasteiger partial charge on any atom is -0.497 e. The highest BCUT2D eigenvalue weighted by Crippen LogP contribution is 2.33. The average molecular weight is 493 g/mol. The zero-order valence-electron chi connectivity index (χ0n) is 18.7. The Morgan fingerprint density at radius 2 is 1.67 bits per heavy atom. The first-order valence-electron chi connectivity index (χ1n) is 10.9. The smallest absolute Gasteiger partial charge is 0.243 e. The van der Waals surface area contributed by atoms with Crippen molar-refractivity contribution in [3.05, 3.63) is 48.0 Å².